The summed E-state index contributed by atoms with van der Waals surface area (Å²) in [6, 6.07) is -0.556. The summed E-state index contributed by atoms with van der Waals surface area (Å²) in [5.74, 6) is 0.520. The molecule has 0 aliphatic rings. The van der Waals surface area contributed by atoms with Gasteiger partial charge in [-0.25, -0.2) is 9.78 Å². The van der Waals surface area contributed by atoms with Crippen LogP contribution in [0.3, 0.4) is 0 Å². The molecule has 2 aromatic rings. The van der Waals surface area contributed by atoms with Gasteiger partial charge in [0.1, 0.15) is 10.7 Å². The molecular weight excluding hydrogens is 360 g/mol. The highest BCUT2D eigenvalue weighted by molar-refractivity contribution is 7.99. The van der Waals surface area contributed by atoms with Crippen molar-refractivity contribution < 1.29 is 9.59 Å². The average Bonchev–Trinajstić information content (AvgIpc) is 2.78. The van der Waals surface area contributed by atoms with E-state index < -0.39 is 11.3 Å². The van der Waals surface area contributed by atoms with Crippen LogP contribution in [0.4, 0.5) is 4.79 Å². The van der Waals surface area contributed by atoms with E-state index in [2.05, 4.69) is 20.6 Å². The number of fused-ring (bicyclic) bond motifs is 1. The zero-order chi connectivity index (χ0) is 18.7. The zero-order valence-electron chi connectivity index (χ0n) is 14.9. The van der Waals surface area contributed by atoms with Crippen LogP contribution in [0.25, 0.3) is 10.2 Å². The SMILES string of the molecule is Cc1sc2nc(CS[C@@H](C)C(=O)NC(=O)NC(C)C)[nH]c(=O)c2c1C. The van der Waals surface area contributed by atoms with Crippen molar-refractivity contribution in [3.05, 3.63) is 26.6 Å². The summed E-state index contributed by atoms with van der Waals surface area (Å²) in [7, 11) is 0. The Morgan fingerprint density at radius 1 is 1.28 bits per heavy atom. The molecule has 3 amide bonds. The molecule has 0 aliphatic heterocycles. The molecule has 9 heteroatoms. The quantitative estimate of drug-likeness (QED) is 0.737. The summed E-state index contributed by atoms with van der Waals surface area (Å²) in [6.45, 7) is 9.21. The Labute approximate surface area is 154 Å². The monoisotopic (exact) mass is 382 g/mol. The van der Waals surface area contributed by atoms with E-state index in [1.54, 1.807) is 6.92 Å². The number of H-pyrrole nitrogens is 1. The van der Waals surface area contributed by atoms with E-state index in [0.717, 1.165) is 10.4 Å². The Bertz CT molecular complexity index is 857. The van der Waals surface area contributed by atoms with Crippen LogP contribution in [0.5, 0.6) is 0 Å². The van der Waals surface area contributed by atoms with Crippen molar-refractivity contribution >= 4 is 45.3 Å². The minimum Gasteiger partial charge on any atom is -0.336 e. The molecule has 0 unspecified atom stereocenters. The van der Waals surface area contributed by atoms with Crippen LogP contribution in [0.2, 0.25) is 0 Å². The standard InChI is InChI=1S/C16H22N4O3S2/c1-7(2)17-16(23)20-13(21)10(5)24-6-11-18-14(22)12-8(3)9(4)25-15(12)19-11/h7,10H,6H2,1-5H3,(H,18,19,22)(H2,17,20,21,23)/t10-/m0/s1. The van der Waals surface area contributed by atoms with Gasteiger partial charge in [0.15, 0.2) is 0 Å². The minimum absolute atomic E-state index is 0.0468. The fourth-order valence-corrected chi connectivity index (χ4v) is 3.96. The molecule has 0 bridgehead atoms. The van der Waals surface area contributed by atoms with E-state index in [-0.39, 0.29) is 17.5 Å². The molecule has 0 saturated heterocycles. The number of thioether (sulfide) groups is 1. The third kappa shape index (κ3) is 4.82. The number of carbonyl (C=O) groups excluding carboxylic acids is 2. The smallest absolute Gasteiger partial charge is 0.321 e. The molecule has 0 aromatic carbocycles. The van der Waals surface area contributed by atoms with Crippen molar-refractivity contribution in [2.45, 2.75) is 51.7 Å². The van der Waals surface area contributed by atoms with Crippen LogP contribution < -0.4 is 16.2 Å². The Hall–Kier alpha value is -1.87. The third-order valence-corrected chi connectivity index (χ3v) is 5.84. The number of thiophene rings is 1. The third-order valence-electron chi connectivity index (χ3n) is 3.58. The number of hydrogen-bond donors (Lipinski definition) is 3. The number of urea groups is 1. The molecule has 136 valence electrons. The summed E-state index contributed by atoms with van der Waals surface area (Å²) in [5.41, 5.74) is 0.799. The molecule has 2 rings (SSSR count). The normalized spacial score (nSPS) is 12.4. The molecule has 1 atom stereocenters. The van der Waals surface area contributed by atoms with E-state index in [4.69, 9.17) is 0 Å². The molecule has 0 saturated carbocycles. The summed E-state index contributed by atoms with van der Waals surface area (Å²) < 4.78 is 0. The van der Waals surface area contributed by atoms with Gasteiger partial charge in [-0.05, 0) is 40.2 Å². The van der Waals surface area contributed by atoms with Crippen molar-refractivity contribution in [3.8, 4) is 0 Å². The van der Waals surface area contributed by atoms with E-state index in [9.17, 15) is 14.4 Å². The van der Waals surface area contributed by atoms with Crippen LogP contribution in [-0.2, 0) is 10.5 Å². The number of rotatable bonds is 5. The van der Waals surface area contributed by atoms with Gasteiger partial charge in [0.2, 0.25) is 5.91 Å². The number of aromatic nitrogens is 2. The van der Waals surface area contributed by atoms with Gasteiger partial charge in [-0.2, -0.15) is 0 Å². The van der Waals surface area contributed by atoms with Gasteiger partial charge in [0.25, 0.3) is 5.56 Å². The summed E-state index contributed by atoms with van der Waals surface area (Å²) in [4.78, 5) is 44.8. The van der Waals surface area contributed by atoms with Crippen molar-refractivity contribution in [1.29, 1.82) is 0 Å². The summed E-state index contributed by atoms with van der Waals surface area (Å²) in [6.07, 6.45) is 0. The van der Waals surface area contributed by atoms with Crippen LogP contribution in [0.15, 0.2) is 4.79 Å². The second-order valence-electron chi connectivity index (χ2n) is 6.05. The molecular formula is C16H22N4O3S2. The largest absolute Gasteiger partial charge is 0.336 e. The lowest BCUT2D eigenvalue weighted by molar-refractivity contribution is -0.119. The van der Waals surface area contributed by atoms with Crippen LogP contribution in [0, 0.1) is 13.8 Å². The Balaban J connectivity index is 2.01. The van der Waals surface area contributed by atoms with Crippen molar-refractivity contribution in [2.75, 3.05) is 0 Å². The molecule has 0 fully saturated rings. The second kappa shape index (κ2) is 8.01. The lowest BCUT2D eigenvalue weighted by atomic mass is 10.2. The maximum absolute atomic E-state index is 12.2. The number of aromatic amines is 1. The zero-order valence-corrected chi connectivity index (χ0v) is 16.5. The van der Waals surface area contributed by atoms with Gasteiger partial charge in [-0.1, -0.05) is 0 Å². The first-order chi connectivity index (χ1) is 11.7. The maximum Gasteiger partial charge on any atom is 0.321 e. The number of carbonyl (C=O) groups is 2. The highest BCUT2D eigenvalue weighted by Gasteiger charge is 2.18. The topological polar surface area (TPSA) is 104 Å². The number of nitrogens with one attached hydrogen (secondary N) is 3. The van der Waals surface area contributed by atoms with Crippen LogP contribution in [0.1, 0.15) is 37.0 Å². The lowest BCUT2D eigenvalue weighted by Gasteiger charge is -2.13. The minimum atomic E-state index is -0.509. The van der Waals surface area contributed by atoms with Gasteiger partial charge in [0.05, 0.1) is 16.4 Å². The van der Waals surface area contributed by atoms with E-state index >= 15 is 0 Å². The number of imide groups is 1. The number of hydrogen-bond acceptors (Lipinski definition) is 6. The molecule has 0 aliphatic carbocycles. The van der Waals surface area contributed by atoms with Gasteiger partial charge < -0.3 is 10.3 Å². The Kier molecular flexibility index (Phi) is 6.23. The number of aryl methyl sites for hydroxylation is 2. The molecule has 0 radical (unpaired) electrons. The van der Waals surface area contributed by atoms with Crippen molar-refractivity contribution in [3.63, 3.8) is 0 Å². The highest BCUT2D eigenvalue weighted by Crippen LogP contribution is 2.26. The summed E-state index contributed by atoms with van der Waals surface area (Å²) >= 11 is 2.80. The van der Waals surface area contributed by atoms with Gasteiger partial charge in [0, 0.05) is 10.9 Å². The molecule has 0 spiro atoms. The average molecular weight is 383 g/mol. The van der Waals surface area contributed by atoms with Crippen molar-refractivity contribution in [2.24, 2.45) is 0 Å². The van der Waals surface area contributed by atoms with E-state index in [0.29, 0.717) is 21.8 Å². The van der Waals surface area contributed by atoms with E-state index in [1.165, 1.54) is 23.1 Å². The summed E-state index contributed by atoms with van der Waals surface area (Å²) in [5, 5.41) is 5.08. The fourth-order valence-electron chi connectivity index (χ4n) is 2.16. The van der Waals surface area contributed by atoms with Gasteiger partial charge in [-0.15, -0.1) is 23.1 Å². The van der Waals surface area contributed by atoms with E-state index in [1.807, 2.05) is 27.7 Å². The van der Waals surface area contributed by atoms with Gasteiger partial charge in [-0.3, -0.25) is 14.9 Å². The first kappa shape index (κ1) is 19.5. The fraction of sp³-hybridized carbons (Fsp3) is 0.500. The molecule has 2 aromatic heterocycles. The Morgan fingerprint density at radius 3 is 2.60 bits per heavy atom. The van der Waals surface area contributed by atoms with Crippen LogP contribution >= 0.6 is 23.1 Å². The van der Waals surface area contributed by atoms with Crippen molar-refractivity contribution in [1.82, 2.24) is 20.6 Å². The predicted octanol–water partition coefficient (Wildman–Crippen LogP) is 2.46. The predicted molar refractivity (Wildman–Crippen MR) is 102 cm³/mol. The number of nitrogens with zero attached hydrogens (tertiary/aromatic N) is 1. The molecule has 3 N–H and O–H groups in total. The van der Waals surface area contributed by atoms with Gasteiger partial charge >= 0.3 is 6.03 Å². The number of amides is 3. The maximum atomic E-state index is 12.2. The second-order valence-corrected chi connectivity index (χ2v) is 8.58. The Morgan fingerprint density at radius 2 is 1.96 bits per heavy atom. The van der Waals surface area contributed by atoms with Crippen LogP contribution in [-0.4, -0.2) is 33.2 Å². The first-order valence-electron chi connectivity index (χ1n) is 7.91. The first-order valence-corrected chi connectivity index (χ1v) is 9.77. The molecule has 2 heterocycles. The highest BCUT2D eigenvalue weighted by atomic mass is 32.2. The molecule has 7 nitrogen and oxygen atoms in total. The molecule has 25 heavy (non-hydrogen) atoms. The lowest BCUT2D eigenvalue weighted by Crippen LogP contribution is -2.45.